The number of esters is 1. The monoisotopic (exact) mass is 349 g/mol. The van der Waals surface area contributed by atoms with Crippen LogP contribution in [0.5, 0.6) is 5.75 Å². The van der Waals surface area contributed by atoms with Crippen LogP contribution in [0.15, 0.2) is 12.1 Å². The van der Waals surface area contributed by atoms with Crippen molar-refractivity contribution in [3.05, 3.63) is 21.3 Å². The molecule has 1 aromatic carbocycles. The van der Waals surface area contributed by atoms with Crippen molar-refractivity contribution in [1.29, 1.82) is 0 Å². The first-order chi connectivity index (χ1) is 7.99. The average Bonchev–Trinajstić information content (AvgIpc) is 2.29. The summed E-state index contributed by atoms with van der Waals surface area (Å²) in [5.41, 5.74) is 0.927. The lowest BCUT2D eigenvalue weighted by molar-refractivity contribution is -0.114. The molecule has 92 valence electrons. The van der Waals surface area contributed by atoms with Crippen molar-refractivity contribution in [1.82, 2.24) is 0 Å². The topological polar surface area (TPSA) is 64.6 Å². The van der Waals surface area contributed by atoms with Crippen molar-refractivity contribution in [3.63, 3.8) is 0 Å². The van der Waals surface area contributed by atoms with E-state index in [0.717, 1.165) is 3.57 Å². The average molecular weight is 349 g/mol. The molecule has 0 aliphatic rings. The zero-order chi connectivity index (χ0) is 13.0. The van der Waals surface area contributed by atoms with Gasteiger partial charge in [-0.1, -0.05) is 0 Å². The number of carbonyl (C=O) groups excluding carboxylic acids is 2. The van der Waals surface area contributed by atoms with Gasteiger partial charge in [0.2, 0.25) is 5.91 Å². The Bertz CT molecular complexity index is 459. The van der Waals surface area contributed by atoms with Crippen molar-refractivity contribution >= 4 is 40.2 Å². The zero-order valence-corrected chi connectivity index (χ0v) is 11.8. The van der Waals surface area contributed by atoms with Crippen LogP contribution in [-0.4, -0.2) is 26.1 Å². The first-order valence-corrected chi connectivity index (χ1v) is 5.81. The Kier molecular flexibility index (Phi) is 4.73. The molecule has 1 amide bonds. The summed E-state index contributed by atoms with van der Waals surface area (Å²) < 4.78 is 10.5. The summed E-state index contributed by atoms with van der Waals surface area (Å²) in [6.07, 6.45) is 0. The van der Waals surface area contributed by atoms with E-state index in [0.29, 0.717) is 17.0 Å². The second-order valence-corrected chi connectivity index (χ2v) is 4.37. The highest BCUT2D eigenvalue weighted by Gasteiger charge is 2.16. The molecular weight excluding hydrogens is 337 g/mol. The fraction of sp³-hybridized carbons (Fsp3) is 0.273. The van der Waals surface area contributed by atoms with E-state index in [2.05, 4.69) is 10.1 Å². The Morgan fingerprint density at radius 1 is 1.29 bits per heavy atom. The van der Waals surface area contributed by atoms with Gasteiger partial charge in [-0.3, -0.25) is 4.79 Å². The molecule has 0 aromatic heterocycles. The van der Waals surface area contributed by atoms with Crippen LogP contribution in [0.3, 0.4) is 0 Å². The number of amides is 1. The maximum atomic E-state index is 11.5. The van der Waals surface area contributed by atoms with Gasteiger partial charge in [0.25, 0.3) is 0 Å². The number of hydrogen-bond acceptors (Lipinski definition) is 4. The molecule has 1 rings (SSSR count). The van der Waals surface area contributed by atoms with Crippen LogP contribution in [0.4, 0.5) is 5.69 Å². The molecule has 0 radical (unpaired) electrons. The summed E-state index contributed by atoms with van der Waals surface area (Å²) in [5, 5.41) is 2.65. The van der Waals surface area contributed by atoms with Crippen molar-refractivity contribution in [2.45, 2.75) is 6.92 Å². The quantitative estimate of drug-likeness (QED) is 0.670. The van der Waals surface area contributed by atoms with Crippen LogP contribution >= 0.6 is 22.6 Å². The first kappa shape index (κ1) is 13.8. The zero-order valence-electron chi connectivity index (χ0n) is 9.67. The maximum absolute atomic E-state index is 11.5. The number of anilines is 1. The van der Waals surface area contributed by atoms with Crippen molar-refractivity contribution < 1.29 is 19.1 Å². The predicted molar refractivity (Wildman–Crippen MR) is 71.4 cm³/mol. The number of halogens is 1. The summed E-state index contributed by atoms with van der Waals surface area (Å²) in [5.74, 6) is -0.300. The highest BCUT2D eigenvalue weighted by molar-refractivity contribution is 14.1. The van der Waals surface area contributed by atoms with Gasteiger partial charge in [0.05, 0.1) is 19.9 Å². The van der Waals surface area contributed by atoms with Gasteiger partial charge in [0.1, 0.15) is 11.3 Å². The molecule has 0 heterocycles. The molecule has 0 bridgehead atoms. The SMILES string of the molecule is COC(=O)c1cc(I)c(NC(C)=O)cc1OC. The molecule has 0 fully saturated rings. The van der Waals surface area contributed by atoms with Gasteiger partial charge in [-0.15, -0.1) is 0 Å². The molecule has 0 saturated heterocycles. The number of ether oxygens (including phenoxy) is 2. The molecule has 0 atom stereocenters. The third kappa shape index (κ3) is 3.32. The van der Waals surface area contributed by atoms with E-state index in [1.807, 2.05) is 22.6 Å². The number of rotatable bonds is 3. The third-order valence-corrected chi connectivity index (χ3v) is 2.90. The van der Waals surface area contributed by atoms with E-state index in [-0.39, 0.29) is 5.91 Å². The number of methoxy groups -OCH3 is 2. The van der Waals surface area contributed by atoms with E-state index in [1.165, 1.54) is 21.1 Å². The highest BCUT2D eigenvalue weighted by atomic mass is 127. The number of carbonyl (C=O) groups is 2. The Labute approximate surface area is 113 Å². The van der Waals surface area contributed by atoms with Crippen molar-refractivity contribution in [2.24, 2.45) is 0 Å². The Morgan fingerprint density at radius 3 is 2.41 bits per heavy atom. The first-order valence-electron chi connectivity index (χ1n) is 4.73. The van der Waals surface area contributed by atoms with Gasteiger partial charge >= 0.3 is 5.97 Å². The molecule has 1 aromatic rings. The summed E-state index contributed by atoms with van der Waals surface area (Å²) in [7, 11) is 2.75. The van der Waals surface area contributed by atoms with Crippen LogP contribution in [0, 0.1) is 3.57 Å². The third-order valence-electron chi connectivity index (χ3n) is 2.01. The Hall–Kier alpha value is -1.31. The van der Waals surface area contributed by atoms with Crippen LogP contribution in [0.2, 0.25) is 0 Å². The van der Waals surface area contributed by atoms with Gasteiger partial charge in [0, 0.05) is 16.6 Å². The van der Waals surface area contributed by atoms with Crippen molar-refractivity contribution in [3.8, 4) is 5.75 Å². The van der Waals surface area contributed by atoms with Gasteiger partial charge in [0.15, 0.2) is 0 Å². The summed E-state index contributed by atoms with van der Waals surface area (Å²) in [6.45, 7) is 1.41. The van der Waals surface area contributed by atoms with Crippen LogP contribution < -0.4 is 10.1 Å². The molecule has 17 heavy (non-hydrogen) atoms. The fourth-order valence-electron chi connectivity index (χ4n) is 1.28. The molecule has 0 unspecified atom stereocenters. The van der Waals surface area contributed by atoms with Crippen LogP contribution in [-0.2, 0) is 9.53 Å². The number of nitrogens with one attached hydrogen (secondary N) is 1. The van der Waals surface area contributed by atoms with E-state index in [9.17, 15) is 9.59 Å². The van der Waals surface area contributed by atoms with E-state index < -0.39 is 5.97 Å². The minimum Gasteiger partial charge on any atom is -0.496 e. The van der Waals surface area contributed by atoms with Gasteiger partial charge in [-0.2, -0.15) is 0 Å². The standard InChI is InChI=1S/C11H12INO4/c1-6(14)13-9-5-10(16-2)7(4-8(9)12)11(15)17-3/h4-5H,1-3H3,(H,13,14). The van der Waals surface area contributed by atoms with Gasteiger partial charge < -0.3 is 14.8 Å². The molecular formula is C11H12INO4. The second kappa shape index (κ2) is 5.85. The van der Waals surface area contributed by atoms with E-state index in [1.54, 1.807) is 12.1 Å². The largest absolute Gasteiger partial charge is 0.496 e. The Morgan fingerprint density at radius 2 is 1.94 bits per heavy atom. The number of benzene rings is 1. The lowest BCUT2D eigenvalue weighted by Crippen LogP contribution is -2.10. The summed E-state index contributed by atoms with van der Waals surface area (Å²) >= 11 is 2.02. The van der Waals surface area contributed by atoms with E-state index in [4.69, 9.17) is 4.74 Å². The summed E-state index contributed by atoms with van der Waals surface area (Å²) in [6, 6.07) is 3.20. The number of hydrogen-bond donors (Lipinski definition) is 1. The van der Waals surface area contributed by atoms with Crippen molar-refractivity contribution in [2.75, 3.05) is 19.5 Å². The van der Waals surface area contributed by atoms with Gasteiger partial charge in [-0.25, -0.2) is 4.79 Å². The van der Waals surface area contributed by atoms with E-state index >= 15 is 0 Å². The van der Waals surface area contributed by atoms with Gasteiger partial charge in [-0.05, 0) is 28.7 Å². The minimum absolute atomic E-state index is 0.184. The smallest absolute Gasteiger partial charge is 0.341 e. The highest BCUT2D eigenvalue weighted by Crippen LogP contribution is 2.29. The van der Waals surface area contributed by atoms with Crippen LogP contribution in [0.1, 0.15) is 17.3 Å². The lowest BCUT2D eigenvalue weighted by atomic mass is 10.2. The molecule has 6 heteroatoms. The molecule has 0 aliphatic carbocycles. The maximum Gasteiger partial charge on any atom is 0.341 e. The minimum atomic E-state index is -0.478. The molecule has 5 nitrogen and oxygen atoms in total. The Balaban J connectivity index is 3.24. The predicted octanol–water partition coefficient (Wildman–Crippen LogP) is 2.04. The molecule has 1 N–H and O–H groups in total. The second-order valence-electron chi connectivity index (χ2n) is 3.21. The fourth-order valence-corrected chi connectivity index (χ4v) is 1.88. The normalized spacial score (nSPS) is 9.65. The summed E-state index contributed by atoms with van der Waals surface area (Å²) in [4.78, 5) is 22.5. The molecule has 0 spiro atoms. The van der Waals surface area contributed by atoms with Crippen LogP contribution in [0.25, 0.3) is 0 Å². The lowest BCUT2D eigenvalue weighted by Gasteiger charge is -2.11. The molecule has 0 aliphatic heterocycles. The molecule has 0 saturated carbocycles.